The minimum atomic E-state index is -0.346. The first-order valence-electron chi connectivity index (χ1n) is 6.83. The van der Waals surface area contributed by atoms with Crippen LogP contribution in [-0.2, 0) is 11.2 Å². The van der Waals surface area contributed by atoms with Crippen molar-refractivity contribution in [1.82, 2.24) is 0 Å². The van der Waals surface area contributed by atoms with E-state index in [-0.39, 0.29) is 11.8 Å². The Morgan fingerprint density at radius 2 is 2.16 bits per heavy atom. The smallest absolute Gasteiger partial charge is 0.236 e. The van der Waals surface area contributed by atoms with Gasteiger partial charge in [0.1, 0.15) is 0 Å². The zero-order valence-corrected chi connectivity index (χ0v) is 12.1. The van der Waals surface area contributed by atoms with Gasteiger partial charge in [-0.25, -0.2) is 0 Å². The van der Waals surface area contributed by atoms with Crippen LogP contribution in [-0.4, -0.2) is 17.4 Å². The topological polar surface area (TPSA) is 46.3 Å². The first kappa shape index (κ1) is 14.0. The fraction of sp³-hybridized carbons (Fsp3) is 0.467. The summed E-state index contributed by atoms with van der Waals surface area (Å²) in [4.78, 5) is 14.8. The molecule has 0 fully saturated rings. The highest BCUT2D eigenvalue weighted by Crippen LogP contribution is 2.27. The van der Waals surface area contributed by atoms with Gasteiger partial charge in [-0.05, 0) is 37.3 Å². The number of thiocarbonyl (C=S) groups is 1. The Kier molecular flexibility index (Phi) is 4.53. The molecular weight excluding hydrogens is 256 g/mol. The minimum Gasteiger partial charge on any atom is -0.393 e. The van der Waals surface area contributed by atoms with Crippen LogP contribution >= 0.6 is 12.2 Å². The number of anilines is 1. The van der Waals surface area contributed by atoms with Crippen molar-refractivity contribution in [3.05, 3.63) is 29.8 Å². The molecule has 1 aliphatic rings. The number of amides is 1. The first-order valence-corrected chi connectivity index (χ1v) is 7.24. The summed E-state index contributed by atoms with van der Waals surface area (Å²) < 4.78 is 0. The van der Waals surface area contributed by atoms with Gasteiger partial charge in [-0.3, -0.25) is 4.79 Å². The average Bonchev–Trinajstić information content (AvgIpc) is 2.61. The third-order valence-corrected chi connectivity index (χ3v) is 3.96. The molecule has 0 saturated heterocycles. The van der Waals surface area contributed by atoms with Crippen molar-refractivity contribution in [2.45, 2.75) is 32.6 Å². The number of nitrogens with two attached hydrogens (primary N) is 1. The second-order valence-electron chi connectivity index (χ2n) is 4.94. The molecule has 1 amide bonds. The van der Waals surface area contributed by atoms with E-state index in [4.69, 9.17) is 18.0 Å². The number of benzene rings is 1. The first-order chi connectivity index (χ1) is 9.15. The van der Waals surface area contributed by atoms with E-state index < -0.39 is 0 Å². The van der Waals surface area contributed by atoms with Crippen LogP contribution in [0.2, 0.25) is 0 Å². The summed E-state index contributed by atoms with van der Waals surface area (Å²) in [5.74, 6) is -0.300. The second-order valence-corrected chi connectivity index (χ2v) is 5.41. The van der Waals surface area contributed by atoms with E-state index in [2.05, 4.69) is 6.07 Å². The number of hydrogen-bond donors (Lipinski definition) is 1. The summed E-state index contributed by atoms with van der Waals surface area (Å²) in [7, 11) is 0. The number of hydrogen-bond acceptors (Lipinski definition) is 2. The summed E-state index contributed by atoms with van der Waals surface area (Å²) in [6, 6.07) is 8.12. The Hall–Kier alpha value is -1.42. The molecule has 1 aromatic carbocycles. The largest absolute Gasteiger partial charge is 0.393 e. The molecular formula is C15H20N2OS. The molecule has 0 bridgehead atoms. The Bertz CT molecular complexity index is 487. The van der Waals surface area contributed by atoms with Crippen molar-refractivity contribution in [3.8, 4) is 0 Å². The molecule has 4 heteroatoms. The van der Waals surface area contributed by atoms with Crippen LogP contribution < -0.4 is 10.6 Å². The molecule has 1 aromatic rings. The maximum absolute atomic E-state index is 12.6. The van der Waals surface area contributed by atoms with Gasteiger partial charge in [-0.2, -0.15) is 0 Å². The van der Waals surface area contributed by atoms with Crippen molar-refractivity contribution >= 4 is 28.8 Å². The second kappa shape index (κ2) is 6.15. The van der Waals surface area contributed by atoms with Crippen molar-refractivity contribution in [2.75, 3.05) is 11.4 Å². The minimum absolute atomic E-state index is 0.0457. The molecule has 1 atom stereocenters. The lowest BCUT2D eigenvalue weighted by atomic mass is 10.0. The number of carbonyl (C=O) groups excluding carboxylic acids is 1. The lowest BCUT2D eigenvalue weighted by molar-refractivity contribution is -0.120. The van der Waals surface area contributed by atoms with Gasteiger partial charge < -0.3 is 10.6 Å². The maximum atomic E-state index is 12.6. The molecule has 0 saturated carbocycles. The summed E-state index contributed by atoms with van der Waals surface area (Å²) in [6.07, 6.45) is 3.83. The molecule has 1 unspecified atom stereocenters. The Morgan fingerprint density at radius 1 is 1.42 bits per heavy atom. The number of para-hydroxylation sites is 1. The summed E-state index contributed by atoms with van der Waals surface area (Å²) in [6.45, 7) is 2.71. The Balaban J connectivity index is 2.33. The van der Waals surface area contributed by atoms with Gasteiger partial charge in [0.2, 0.25) is 5.91 Å². The van der Waals surface area contributed by atoms with Gasteiger partial charge in [0.15, 0.2) is 0 Å². The fourth-order valence-corrected chi connectivity index (χ4v) is 2.87. The highest BCUT2D eigenvalue weighted by molar-refractivity contribution is 7.80. The number of aryl methyl sites for hydroxylation is 1. The van der Waals surface area contributed by atoms with E-state index in [1.54, 1.807) is 0 Å². The highest BCUT2D eigenvalue weighted by atomic mass is 32.1. The summed E-state index contributed by atoms with van der Waals surface area (Å²) in [5.41, 5.74) is 7.97. The molecule has 102 valence electrons. The number of carbonyl (C=O) groups is 1. The van der Waals surface area contributed by atoms with Crippen molar-refractivity contribution < 1.29 is 4.79 Å². The molecule has 19 heavy (non-hydrogen) atoms. The average molecular weight is 276 g/mol. The molecule has 0 radical (unpaired) electrons. The van der Waals surface area contributed by atoms with Crippen LogP contribution in [0.15, 0.2) is 24.3 Å². The maximum Gasteiger partial charge on any atom is 0.236 e. The van der Waals surface area contributed by atoms with Crippen LogP contribution in [0.3, 0.4) is 0 Å². The summed E-state index contributed by atoms with van der Waals surface area (Å²) in [5, 5.41) is 0. The monoisotopic (exact) mass is 276 g/mol. The highest BCUT2D eigenvalue weighted by Gasteiger charge is 2.28. The van der Waals surface area contributed by atoms with Crippen LogP contribution in [0.5, 0.6) is 0 Å². The third kappa shape index (κ3) is 2.95. The quantitative estimate of drug-likeness (QED) is 0.863. The molecule has 1 aliphatic heterocycles. The van der Waals surface area contributed by atoms with Gasteiger partial charge in [0, 0.05) is 12.2 Å². The van der Waals surface area contributed by atoms with Gasteiger partial charge in [-0.1, -0.05) is 37.3 Å². The van der Waals surface area contributed by atoms with E-state index in [0.717, 1.165) is 31.5 Å². The van der Waals surface area contributed by atoms with E-state index >= 15 is 0 Å². The molecule has 0 aromatic heterocycles. The normalized spacial score (nSPS) is 16.4. The lowest BCUT2D eigenvalue weighted by Crippen LogP contribution is -2.41. The predicted octanol–water partition coefficient (Wildman–Crippen LogP) is 2.67. The van der Waals surface area contributed by atoms with Gasteiger partial charge in [0.25, 0.3) is 0 Å². The Labute approximate surface area is 119 Å². The SMILES string of the molecule is CCC(C(=O)N1CCCCc2ccccc21)C(N)=S. The van der Waals surface area contributed by atoms with E-state index in [9.17, 15) is 4.79 Å². The van der Waals surface area contributed by atoms with Crippen molar-refractivity contribution in [3.63, 3.8) is 0 Å². The number of nitrogens with zero attached hydrogens (tertiary/aromatic N) is 1. The zero-order chi connectivity index (χ0) is 13.8. The summed E-state index contributed by atoms with van der Waals surface area (Å²) >= 11 is 5.02. The predicted molar refractivity (Wildman–Crippen MR) is 82.3 cm³/mol. The molecule has 0 spiro atoms. The van der Waals surface area contributed by atoms with Crippen LogP contribution in [0.25, 0.3) is 0 Å². The third-order valence-electron chi connectivity index (χ3n) is 3.68. The molecule has 3 nitrogen and oxygen atoms in total. The standard InChI is InChI=1S/C15H20N2OS/c1-2-12(14(16)19)15(18)17-10-6-5-8-11-7-3-4-9-13(11)17/h3-4,7,9,12H,2,5-6,8,10H2,1H3,(H2,16,19). The fourth-order valence-electron chi connectivity index (χ4n) is 2.61. The van der Waals surface area contributed by atoms with E-state index in [1.165, 1.54) is 5.56 Å². The van der Waals surface area contributed by atoms with Gasteiger partial charge in [0.05, 0.1) is 10.9 Å². The van der Waals surface area contributed by atoms with Gasteiger partial charge in [-0.15, -0.1) is 0 Å². The van der Waals surface area contributed by atoms with Crippen molar-refractivity contribution in [2.24, 2.45) is 11.7 Å². The lowest BCUT2D eigenvalue weighted by Gasteiger charge is -2.26. The number of fused-ring (bicyclic) bond motifs is 1. The van der Waals surface area contributed by atoms with Gasteiger partial charge >= 0.3 is 0 Å². The van der Waals surface area contributed by atoms with Crippen LogP contribution in [0.1, 0.15) is 31.7 Å². The molecule has 2 N–H and O–H groups in total. The zero-order valence-electron chi connectivity index (χ0n) is 11.3. The van der Waals surface area contributed by atoms with E-state index in [0.29, 0.717) is 11.4 Å². The van der Waals surface area contributed by atoms with Crippen LogP contribution in [0, 0.1) is 5.92 Å². The van der Waals surface area contributed by atoms with E-state index in [1.807, 2.05) is 30.0 Å². The van der Waals surface area contributed by atoms with Crippen molar-refractivity contribution in [1.29, 1.82) is 0 Å². The molecule has 2 rings (SSSR count). The Morgan fingerprint density at radius 3 is 2.84 bits per heavy atom. The molecule has 0 aliphatic carbocycles. The van der Waals surface area contributed by atoms with Crippen LogP contribution in [0.4, 0.5) is 5.69 Å². The number of rotatable bonds is 3. The molecule has 1 heterocycles.